The van der Waals surface area contributed by atoms with Gasteiger partial charge in [0.15, 0.2) is 0 Å². The Bertz CT molecular complexity index is 611. The maximum absolute atomic E-state index is 11.0. The molecule has 1 heterocycles. The molecular weight excluding hydrogens is 208 g/mol. The lowest BCUT2D eigenvalue weighted by Crippen LogP contribution is -2.25. The van der Waals surface area contributed by atoms with Crippen LogP contribution in [0.25, 0.3) is 0 Å². The fourth-order valence-electron chi connectivity index (χ4n) is 1.25. The minimum Gasteiger partial charge on any atom is -0.369 e. The van der Waals surface area contributed by atoms with Gasteiger partial charge in [-0.15, -0.1) is 5.10 Å². The first-order valence-corrected chi connectivity index (χ1v) is 4.39. The van der Waals surface area contributed by atoms with Crippen LogP contribution >= 0.6 is 0 Å². The van der Waals surface area contributed by atoms with Crippen molar-refractivity contribution in [3.63, 3.8) is 0 Å². The summed E-state index contributed by atoms with van der Waals surface area (Å²) in [6, 6.07) is 4.66. The van der Waals surface area contributed by atoms with E-state index in [0.29, 0.717) is 16.3 Å². The first-order chi connectivity index (χ1) is 7.66. The van der Waals surface area contributed by atoms with Gasteiger partial charge in [0, 0.05) is 5.56 Å². The first kappa shape index (κ1) is 9.97. The number of nitrogens with zero attached hydrogens (tertiary/aromatic N) is 4. The Kier molecular flexibility index (Phi) is 2.42. The van der Waals surface area contributed by atoms with Crippen LogP contribution in [-0.4, -0.2) is 18.2 Å². The lowest BCUT2D eigenvalue weighted by molar-refractivity contribution is 0.256. The molecule has 2 amide bonds. The zero-order chi connectivity index (χ0) is 11.5. The van der Waals surface area contributed by atoms with E-state index in [0.717, 1.165) is 0 Å². The number of carbonyl (C=O) groups excluding carboxylic acids is 1. The molecule has 2 rings (SSSR count). The molecule has 16 heavy (non-hydrogen) atoms. The fourth-order valence-corrected chi connectivity index (χ4v) is 1.25. The number of amides is 2. The number of benzene rings is 1. The molecule has 1 aromatic carbocycles. The molecular formula is C9H8N6O. The van der Waals surface area contributed by atoms with Crippen LogP contribution in [-0.2, 0) is 0 Å². The summed E-state index contributed by atoms with van der Waals surface area (Å²) in [7, 11) is 0. The summed E-state index contributed by atoms with van der Waals surface area (Å²) < 4.78 is 0. The van der Waals surface area contributed by atoms with Gasteiger partial charge in [-0.1, -0.05) is 12.1 Å². The Balaban J connectivity index is 2.47. The van der Waals surface area contributed by atoms with Gasteiger partial charge in [-0.05, 0) is 6.07 Å². The standard InChI is InChI=1S/C9H8N6O/c10-8(11)15-12-4-5-2-1-3-6-7(5)14-9(16)13-6/h1-4H,(H4,10,11,15). The van der Waals surface area contributed by atoms with E-state index in [2.05, 4.69) is 20.2 Å². The summed E-state index contributed by atoms with van der Waals surface area (Å²) in [5, 5.41) is 8.11. The number of fused-ring (bicyclic) bond motifs is 1. The summed E-state index contributed by atoms with van der Waals surface area (Å²) in [4.78, 5) is 18.4. The zero-order valence-corrected chi connectivity index (χ0v) is 8.16. The number of para-hydroxylation sites is 1. The number of hydrogen-bond acceptors (Lipinski definition) is 3. The van der Waals surface area contributed by atoms with Crippen molar-refractivity contribution in [2.24, 2.45) is 31.7 Å². The van der Waals surface area contributed by atoms with Crippen molar-refractivity contribution in [1.29, 1.82) is 0 Å². The van der Waals surface area contributed by atoms with Gasteiger partial charge in [0.05, 0.1) is 11.6 Å². The highest BCUT2D eigenvalue weighted by Crippen LogP contribution is 1.90. The van der Waals surface area contributed by atoms with E-state index in [4.69, 9.17) is 11.5 Å². The van der Waals surface area contributed by atoms with Crippen LogP contribution in [0.4, 0.5) is 4.79 Å². The van der Waals surface area contributed by atoms with E-state index in [-0.39, 0.29) is 5.96 Å². The summed E-state index contributed by atoms with van der Waals surface area (Å²) in [6.45, 7) is 0. The lowest BCUT2D eigenvalue weighted by atomic mass is 10.2. The minimum absolute atomic E-state index is 0.137. The van der Waals surface area contributed by atoms with Crippen molar-refractivity contribution in [3.8, 4) is 0 Å². The highest BCUT2D eigenvalue weighted by Gasteiger charge is 2.06. The fraction of sp³-hybridized carbons (Fsp3) is 0. The molecule has 1 aliphatic rings. The van der Waals surface area contributed by atoms with Crippen molar-refractivity contribution in [2.45, 2.75) is 0 Å². The van der Waals surface area contributed by atoms with E-state index in [1.54, 1.807) is 18.2 Å². The Morgan fingerprint density at radius 3 is 2.88 bits per heavy atom. The molecule has 0 bridgehead atoms. The van der Waals surface area contributed by atoms with Crippen molar-refractivity contribution < 1.29 is 4.79 Å². The second-order valence-corrected chi connectivity index (χ2v) is 2.99. The van der Waals surface area contributed by atoms with Gasteiger partial charge in [-0.2, -0.15) is 15.1 Å². The van der Waals surface area contributed by atoms with E-state index < -0.39 is 6.03 Å². The molecule has 7 heteroatoms. The second kappa shape index (κ2) is 3.89. The average Bonchev–Trinajstić information content (AvgIpc) is 2.58. The molecule has 1 aromatic rings. The highest BCUT2D eigenvalue weighted by atomic mass is 16.2. The molecule has 1 aliphatic heterocycles. The predicted molar refractivity (Wildman–Crippen MR) is 57.6 cm³/mol. The topological polar surface area (TPSA) is 119 Å². The van der Waals surface area contributed by atoms with Crippen LogP contribution in [0.3, 0.4) is 0 Å². The molecule has 0 unspecified atom stereocenters. The van der Waals surface area contributed by atoms with E-state index in [9.17, 15) is 4.79 Å². The van der Waals surface area contributed by atoms with Gasteiger partial charge in [-0.25, -0.2) is 4.79 Å². The summed E-state index contributed by atoms with van der Waals surface area (Å²) >= 11 is 0. The second-order valence-electron chi connectivity index (χ2n) is 2.99. The largest absolute Gasteiger partial charge is 0.369 e. The summed E-state index contributed by atoms with van der Waals surface area (Å²) in [5.74, 6) is -0.137. The predicted octanol–water partition coefficient (Wildman–Crippen LogP) is -1.33. The Labute approximate surface area is 89.9 Å². The maximum atomic E-state index is 11.0. The SMILES string of the molecule is NC(N)=NN=Cc1cccc2c1=NC(=O)N=2. The van der Waals surface area contributed by atoms with Gasteiger partial charge < -0.3 is 11.5 Å². The monoisotopic (exact) mass is 216 g/mol. The number of urea groups is 1. The normalized spacial score (nSPS) is 13.1. The third kappa shape index (κ3) is 1.92. The summed E-state index contributed by atoms with van der Waals surface area (Å²) in [6.07, 6.45) is 1.41. The number of carbonyl (C=O) groups is 1. The molecule has 7 nitrogen and oxygen atoms in total. The van der Waals surface area contributed by atoms with Gasteiger partial charge in [0.1, 0.15) is 5.36 Å². The smallest absolute Gasteiger partial charge is 0.368 e. The van der Waals surface area contributed by atoms with Crippen LogP contribution in [0, 0.1) is 0 Å². The van der Waals surface area contributed by atoms with Gasteiger partial charge >= 0.3 is 6.03 Å². The van der Waals surface area contributed by atoms with Crippen LogP contribution in [0.2, 0.25) is 0 Å². The minimum atomic E-state index is -0.516. The number of guanidine groups is 1. The van der Waals surface area contributed by atoms with Crippen LogP contribution in [0.15, 0.2) is 38.4 Å². The molecule has 4 N–H and O–H groups in total. The first-order valence-electron chi connectivity index (χ1n) is 4.39. The van der Waals surface area contributed by atoms with E-state index >= 15 is 0 Å². The molecule has 0 saturated carbocycles. The van der Waals surface area contributed by atoms with Crippen LogP contribution in [0.5, 0.6) is 0 Å². The maximum Gasteiger partial charge on any atom is 0.368 e. The summed E-state index contributed by atoms with van der Waals surface area (Å²) in [5.41, 5.74) is 10.9. The van der Waals surface area contributed by atoms with E-state index in [1.807, 2.05) is 0 Å². The molecule has 0 saturated heterocycles. The highest BCUT2D eigenvalue weighted by molar-refractivity contribution is 5.84. The zero-order valence-electron chi connectivity index (χ0n) is 8.16. The number of nitrogens with two attached hydrogens (primary N) is 2. The lowest BCUT2D eigenvalue weighted by Gasteiger charge is -1.89. The Morgan fingerprint density at radius 2 is 2.12 bits per heavy atom. The van der Waals surface area contributed by atoms with Crippen molar-refractivity contribution >= 4 is 18.2 Å². The molecule has 0 radical (unpaired) electrons. The Morgan fingerprint density at radius 1 is 1.31 bits per heavy atom. The number of hydrogen-bond donors (Lipinski definition) is 2. The van der Waals surface area contributed by atoms with Crippen molar-refractivity contribution in [3.05, 3.63) is 34.5 Å². The van der Waals surface area contributed by atoms with Crippen LogP contribution in [0.1, 0.15) is 5.56 Å². The molecule has 0 spiro atoms. The average molecular weight is 216 g/mol. The molecule has 0 aliphatic carbocycles. The van der Waals surface area contributed by atoms with Crippen molar-refractivity contribution in [1.82, 2.24) is 0 Å². The molecule has 0 fully saturated rings. The Hall–Kier alpha value is -2.57. The molecule has 80 valence electrons. The number of rotatable bonds is 2. The third-order valence-electron chi connectivity index (χ3n) is 1.84. The van der Waals surface area contributed by atoms with E-state index in [1.165, 1.54) is 6.21 Å². The van der Waals surface area contributed by atoms with Gasteiger partial charge in [0.2, 0.25) is 5.96 Å². The third-order valence-corrected chi connectivity index (χ3v) is 1.84. The van der Waals surface area contributed by atoms with Crippen molar-refractivity contribution in [2.75, 3.05) is 0 Å². The van der Waals surface area contributed by atoms with Gasteiger partial charge in [0.25, 0.3) is 0 Å². The molecule has 0 atom stereocenters. The quantitative estimate of drug-likeness (QED) is 0.362. The van der Waals surface area contributed by atoms with Crippen LogP contribution < -0.4 is 22.2 Å². The van der Waals surface area contributed by atoms with Gasteiger partial charge in [-0.3, -0.25) is 0 Å². The molecule has 0 aromatic heterocycles.